The van der Waals surface area contributed by atoms with Crippen LogP contribution in [0.3, 0.4) is 0 Å². The van der Waals surface area contributed by atoms with Crippen molar-refractivity contribution >= 4 is 63.3 Å². The number of hydrogen-bond donors (Lipinski definition) is 0. The highest BCUT2D eigenvalue weighted by molar-refractivity contribution is 8.26. The van der Waals surface area contributed by atoms with Gasteiger partial charge in [-0.25, -0.2) is 4.98 Å². The number of pyridine rings is 1. The lowest BCUT2D eigenvalue weighted by atomic mass is 10.2. The lowest BCUT2D eigenvalue weighted by molar-refractivity contribution is -0.122. The van der Waals surface area contributed by atoms with Crippen molar-refractivity contribution in [3.05, 3.63) is 80.1 Å². The summed E-state index contributed by atoms with van der Waals surface area (Å²) in [5.41, 5.74) is 1.57. The van der Waals surface area contributed by atoms with Crippen LogP contribution < -0.4 is 10.5 Å². The van der Waals surface area contributed by atoms with Crippen LogP contribution in [0.15, 0.2) is 58.4 Å². The van der Waals surface area contributed by atoms with E-state index in [-0.39, 0.29) is 18.0 Å². The molecule has 0 bridgehead atoms. The molecule has 10 heteroatoms. The Kier molecular flexibility index (Phi) is 6.44. The number of halogens is 1. The van der Waals surface area contributed by atoms with Crippen LogP contribution >= 0.6 is 35.6 Å². The maximum Gasteiger partial charge on any atom is 0.267 e. The van der Waals surface area contributed by atoms with E-state index in [4.69, 9.17) is 28.8 Å². The topological polar surface area (TPSA) is 61.2 Å². The summed E-state index contributed by atoms with van der Waals surface area (Å²) in [4.78, 5) is 37.9. The molecule has 0 radical (unpaired) electrons. The lowest BCUT2D eigenvalue weighted by Crippen LogP contribution is -2.45. The van der Waals surface area contributed by atoms with Crippen molar-refractivity contribution in [2.45, 2.75) is 6.54 Å². The molecule has 4 heterocycles. The van der Waals surface area contributed by atoms with Crippen LogP contribution in [0, 0.1) is 0 Å². The van der Waals surface area contributed by atoms with Gasteiger partial charge in [-0.2, -0.15) is 0 Å². The van der Waals surface area contributed by atoms with E-state index in [0.717, 1.165) is 31.7 Å². The first-order valence-electron chi connectivity index (χ1n) is 10.9. The van der Waals surface area contributed by atoms with Crippen LogP contribution in [0.4, 0.5) is 5.82 Å². The van der Waals surface area contributed by atoms with Gasteiger partial charge in [0.05, 0.1) is 17.0 Å². The third-order valence-electron chi connectivity index (χ3n) is 5.99. The van der Waals surface area contributed by atoms with E-state index in [1.807, 2.05) is 30.3 Å². The van der Waals surface area contributed by atoms with E-state index in [2.05, 4.69) is 16.8 Å². The van der Waals surface area contributed by atoms with E-state index in [9.17, 15) is 9.59 Å². The number of nitrogens with zero attached hydrogens (tertiary/aromatic N) is 5. The number of amides is 1. The fourth-order valence-corrected chi connectivity index (χ4v) is 5.47. The van der Waals surface area contributed by atoms with Gasteiger partial charge in [-0.15, -0.1) is 0 Å². The number of hydrogen-bond acceptors (Lipinski definition) is 7. The maximum absolute atomic E-state index is 13.5. The minimum absolute atomic E-state index is 0.212. The van der Waals surface area contributed by atoms with Gasteiger partial charge in [0, 0.05) is 37.4 Å². The molecule has 7 nitrogen and oxygen atoms in total. The molecule has 2 saturated heterocycles. The largest absolute Gasteiger partial charge is 0.353 e. The Morgan fingerprint density at radius 1 is 1.09 bits per heavy atom. The second-order valence-electron chi connectivity index (χ2n) is 8.23. The summed E-state index contributed by atoms with van der Waals surface area (Å²) in [6.07, 6.45) is 3.34. The van der Waals surface area contributed by atoms with Gasteiger partial charge in [-0.05, 0) is 36.9 Å². The summed E-state index contributed by atoms with van der Waals surface area (Å²) in [5.74, 6) is 0.359. The van der Waals surface area contributed by atoms with Crippen molar-refractivity contribution in [3.63, 3.8) is 0 Å². The average molecular weight is 512 g/mol. The van der Waals surface area contributed by atoms with E-state index in [1.165, 1.54) is 21.1 Å². The van der Waals surface area contributed by atoms with Gasteiger partial charge < -0.3 is 9.80 Å². The molecule has 2 aliphatic rings. The maximum atomic E-state index is 13.5. The van der Waals surface area contributed by atoms with E-state index in [1.54, 1.807) is 24.4 Å². The van der Waals surface area contributed by atoms with Crippen LogP contribution in [0.1, 0.15) is 11.1 Å². The fourth-order valence-electron chi connectivity index (χ4n) is 4.04. The Bertz CT molecular complexity index is 1380. The Morgan fingerprint density at radius 3 is 2.59 bits per heavy atom. The molecule has 0 spiro atoms. The van der Waals surface area contributed by atoms with E-state index in [0.29, 0.717) is 31.3 Å². The van der Waals surface area contributed by atoms with E-state index >= 15 is 0 Å². The zero-order chi connectivity index (χ0) is 23.8. The molecule has 34 heavy (non-hydrogen) atoms. The molecule has 174 valence electrons. The number of carbonyl (C=O) groups excluding carboxylic acids is 1. The first-order chi connectivity index (χ1) is 16.4. The smallest absolute Gasteiger partial charge is 0.267 e. The molecule has 0 atom stereocenters. The molecule has 1 aromatic carbocycles. The highest BCUT2D eigenvalue weighted by Crippen LogP contribution is 2.35. The van der Waals surface area contributed by atoms with Gasteiger partial charge in [-0.3, -0.25) is 18.9 Å². The number of likely N-dealkylation sites (N-methyl/N-ethyl adjacent to an activating group) is 1. The van der Waals surface area contributed by atoms with Gasteiger partial charge in [0.25, 0.3) is 11.5 Å². The monoisotopic (exact) mass is 511 g/mol. The number of thiocarbonyl (C=S) groups is 1. The van der Waals surface area contributed by atoms with Crippen LogP contribution in [0.25, 0.3) is 11.7 Å². The Morgan fingerprint density at radius 2 is 1.82 bits per heavy atom. The molecular weight excluding hydrogens is 490 g/mol. The minimum Gasteiger partial charge on any atom is -0.353 e. The predicted octanol–water partition coefficient (Wildman–Crippen LogP) is 3.50. The molecule has 2 aliphatic heterocycles. The van der Waals surface area contributed by atoms with Gasteiger partial charge >= 0.3 is 0 Å². The van der Waals surface area contributed by atoms with Gasteiger partial charge in [0.2, 0.25) is 0 Å². The van der Waals surface area contributed by atoms with Gasteiger partial charge in [-0.1, -0.05) is 59.8 Å². The first kappa shape index (κ1) is 23.0. The molecule has 0 N–H and O–H groups in total. The fraction of sp³-hybridized carbons (Fsp3) is 0.250. The third kappa shape index (κ3) is 4.36. The Hall–Kier alpha value is -2.72. The van der Waals surface area contributed by atoms with Gasteiger partial charge in [0.15, 0.2) is 0 Å². The predicted molar refractivity (Wildman–Crippen MR) is 141 cm³/mol. The Balaban J connectivity index is 1.55. The van der Waals surface area contributed by atoms with Crippen LogP contribution in [-0.4, -0.2) is 62.6 Å². The SMILES string of the molecule is CN1CCN(c2nc3ccccn3c(=O)c2/C=C2/SC(=S)N(Cc3ccccc3Cl)C2=O)CC1. The van der Waals surface area contributed by atoms with E-state index < -0.39 is 0 Å². The van der Waals surface area contributed by atoms with Gasteiger partial charge in [0.1, 0.15) is 15.8 Å². The molecule has 0 unspecified atom stereocenters. The number of carbonyl (C=O) groups is 1. The van der Waals surface area contributed by atoms with Crippen LogP contribution in [-0.2, 0) is 11.3 Å². The van der Waals surface area contributed by atoms with Crippen molar-refractivity contribution in [1.82, 2.24) is 19.2 Å². The summed E-state index contributed by atoms with van der Waals surface area (Å²) in [5, 5.41) is 0.579. The zero-order valence-corrected chi connectivity index (χ0v) is 20.9. The summed E-state index contributed by atoms with van der Waals surface area (Å²) in [6.45, 7) is 3.52. The number of piperazine rings is 1. The number of aromatic nitrogens is 2. The quantitative estimate of drug-likeness (QED) is 0.392. The highest BCUT2D eigenvalue weighted by Gasteiger charge is 2.33. The molecule has 3 aromatic rings. The number of rotatable bonds is 4. The van der Waals surface area contributed by atoms with Crippen LogP contribution in [0.2, 0.25) is 5.02 Å². The molecule has 1 amide bonds. The summed E-state index contributed by atoms with van der Waals surface area (Å²) < 4.78 is 1.95. The standard InChI is InChI=1S/C24H22ClN5O2S2/c1-27-10-12-28(13-11-27)21-17(22(31)29-9-5-4-8-20(29)26-21)14-19-23(32)30(24(33)34-19)15-16-6-2-3-7-18(16)25/h2-9,14H,10-13,15H2,1H3/b19-14+. The number of anilines is 1. The van der Waals surface area contributed by atoms with Crippen molar-refractivity contribution in [2.75, 3.05) is 38.1 Å². The Labute approximate surface area is 211 Å². The van der Waals surface area contributed by atoms with Crippen molar-refractivity contribution in [3.8, 4) is 0 Å². The van der Waals surface area contributed by atoms with Crippen molar-refractivity contribution < 1.29 is 4.79 Å². The van der Waals surface area contributed by atoms with Crippen molar-refractivity contribution in [1.29, 1.82) is 0 Å². The molecular formula is C24H22ClN5O2S2. The average Bonchev–Trinajstić information content (AvgIpc) is 3.10. The molecule has 2 fully saturated rings. The van der Waals surface area contributed by atoms with Crippen LogP contribution in [0.5, 0.6) is 0 Å². The summed E-state index contributed by atoms with van der Waals surface area (Å²) >= 11 is 13.0. The number of fused-ring (bicyclic) bond motifs is 1. The zero-order valence-electron chi connectivity index (χ0n) is 18.5. The normalized spacial score (nSPS) is 18.5. The second-order valence-corrected chi connectivity index (χ2v) is 10.3. The number of benzene rings is 1. The minimum atomic E-state index is -0.239. The lowest BCUT2D eigenvalue weighted by Gasteiger charge is -2.34. The summed E-state index contributed by atoms with van der Waals surface area (Å²) in [7, 11) is 2.07. The number of thioether (sulfide) groups is 1. The molecule has 0 aliphatic carbocycles. The third-order valence-corrected chi connectivity index (χ3v) is 7.73. The second kappa shape index (κ2) is 9.50. The highest BCUT2D eigenvalue weighted by atomic mass is 35.5. The molecule has 2 aromatic heterocycles. The molecule has 5 rings (SSSR count). The summed E-state index contributed by atoms with van der Waals surface area (Å²) in [6, 6.07) is 12.8. The van der Waals surface area contributed by atoms with Crippen molar-refractivity contribution in [2.24, 2.45) is 0 Å². The molecule has 0 saturated carbocycles. The first-order valence-corrected chi connectivity index (χ1v) is 12.5.